The minimum absolute atomic E-state index is 0.364. The highest BCUT2D eigenvalue weighted by Gasteiger charge is 2.26. The van der Waals surface area contributed by atoms with Gasteiger partial charge in [-0.05, 0) is 49.3 Å². The quantitative estimate of drug-likeness (QED) is 0.502. The van der Waals surface area contributed by atoms with Gasteiger partial charge >= 0.3 is 6.03 Å². The number of hydrogen-bond donors (Lipinski definition) is 3. The number of fused-ring (bicyclic) bond motifs is 1. The molecule has 1 aromatic heterocycles. The molecule has 1 saturated carbocycles. The van der Waals surface area contributed by atoms with E-state index in [1.54, 1.807) is 4.90 Å². The minimum Gasteiger partial charge on any atom is -0.377 e. The predicted octanol–water partition coefficient (Wildman–Crippen LogP) is 4.32. The molecule has 33 heavy (non-hydrogen) atoms. The topological polar surface area (TPSA) is 101 Å². The van der Waals surface area contributed by atoms with Crippen LogP contribution in [-0.2, 0) is 6.54 Å². The van der Waals surface area contributed by atoms with Crippen LogP contribution >= 0.6 is 0 Å². The van der Waals surface area contributed by atoms with Gasteiger partial charge in [-0.15, -0.1) is 0 Å². The molecule has 1 fully saturated rings. The van der Waals surface area contributed by atoms with E-state index in [1.807, 2.05) is 36.4 Å². The summed E-state index contributed by atoms with van der Waals surface area (Å²) in [7, 11) is 4.12. The lowest BCUT2D eigenvalue weighted by atomic mass is 9.85. The number of hydrogen-bond acceptors (Lipinski definition) is 5. The zero-order valence-corrected chi connectivity index (χ0v) is 19.5. The second kappa shape index (κ2) is 10.1. The number of rotatable bonds is 7. The normalized spacial score (nSPS) is 18.2. The van der Waals surface area contributed by atoms with Crippen LogP contribution in [0.3, 0.4) is 0 Å². The van der Waals surface area contributed by atoms with E-state index in [9.17, 15) is 4.79 Å². The molecular weight excluding hydrogens is 412 g/mol. The molecule has 2 amide bonds. The molecule has 0 aliphatic heterocycles. The summed E-state index contributed by atoms with van der Waals surface area (Å²) in [6.07, 6.45) is 4.12. The SMILES string of the molecule is CN(C)c1cc(NC2CCC(CN(C(N)=O)c3ccccc3CN)CC2)nc2ccccc12. The molecule has 0 radical (unpaired) electrons. The number of primary amides is 1. The first-order valence-electron chi connectivity index (χ1n) is 11.6. The maximum absolute atomic E-state index is 12.2. The highest BCUT2D eigenvalue weighted by atomic mass is 16.2. The molecule has 7 nitrogen and oxygen atoms in total. The van der Waals surface area contributed by atoms with Crippen LogP contribution in [0.4, 0.5) is 22.0 Å². The monoisotopic (exact) mass is 446 g/mol. The number of carbonyl (C=O) groups excluding carboxylic acids is 1. The first kappa shape index (κ1) is 22.9. The highest BCUT2D eigenvalue weighted by Crippen LogP contribution is 2.32. The molecule has 3 aromatic rings. The van der Waals surface area contributed by atoms with E-state index in [4.69, 9.17) is 16.5 Å². The van der Waals surface area contributed by atoms with Crippen LogP contribution in [0.25, 0.3) is 10.9 Å². The molecule has 1 heterocycles. The Morgan fingerprint density at radius 3 is 2.42 bits per heavy atom. The van der Waals surface area contributed by atoms with Crippen molar-refractivity contribution in [2.75, 3.05) is 35.8 Å². The third kappa shape index (κ3) is 5.20. The van der Waals surface area contributed by atoms with Crippen LogP contribution in [0.2, 0.25) is 0 Å². The van der Waals surface area contributed by atoms with Crippen molar-refractivity contribution in [3.63, 3.8) is 0 Å². The van der Waals surface area contributed by atoms with Gasteiger partial charge in [-0.1, -0.05) is 36.4 Å². The molecule has 0 bridgehead atoms. The van der Waals surface area contributed by atoms with Gasteiger partial charge in [0, 0.05) is 56.1 Å². The Kier molecular flexibility index (Phi) is 6.99. The van der Waals surface area contributed by atoms with E-state index in [2.05, 4.69) is 42.5 Å². The predicted molar refractivity (Wildman–Crippen MR) is 137 cm³/mol. The molecule has 7 heteroatoms. The summed E-state index contributed by atoms with van der Waals surface area (Å²) in [6, 6.07) is 18.0. The third-order valence-corrected chi connectivity index (χ3v) is 6.58. The zero-order chi connectivity index (χ0) is 23.4. The number of pyridine rings is 1. The first-order chi connectivity index (χ1) is 16.0. The van der Waals surface area contributed by atoms with Crippen LogP contribution in [0.15, 0.2) is 54.6 Å². The van der Waals surface area contributed by atoms with E-state index < -0.39 is 6.03 Å². The number of benzene rings is 2. The van der Waals surface area contributed by atoms with Gasteiger partial charge in [0.05, 0.1) is 5.52 Å². The van der Waals surface area contributed by atoms with Gasteiger partial charge in [-0.3, -0.25) is 4.90 Å². The Labute approximate surface area is 195 Å². The smallest absolute Gasteiger partial charge is 0.319 e. The van der Waals surface area contributed by atoms with Gasteiger partial charge in [-0.2, -0.15) is 0 Å². The lowest BCUT2D eigenvalue weighted by molar-refractivity contribution is 0.250. The van der Waals surface area contributed by atoms with Crippen LogP contribution < -0.4 is 26.6 Å². The molecule has 2 aromatic carbocycles. The Morgan fingerprint density at radius 1 is 1.03 bits per heavy atom. The van der Waals surface area contributed by atoms with E-state index in [-0.39, 0.29) is 0 Å². The van der Waals surface area contributed by atoms with Crippen LogP contribution in [0.1, 0.15) is 31.2 Å². The molecule has 0 atom stereocenters. The summed E-state index contributed by atoms with van der Waals surface area (Å²) >= 11 is 0. The van der Waals surface area contributed by atoms with E-state index in [0.29, 0.717) is 25.0 Å². The largest absolute Gasteiger partial charge is 0.377 e. The van der Waals surface area contributed by atoms with Gasteiger partial charge in [0.2, 0.25) is 0 Å². The van der Waals surface area contributed by atoms with Crippen molar-refractivity contribution >= 4 is 34.1 Å². The number of carbonyl (C=O) groups is 1. The summed E-state index contributed by atoms with van der Waals surface area (Å²) < 4.78 is 0. The van der Waals surface area contributed by atoms with Crippen molar-refractivity contribution < 1.29 is 4.79 Å². The first-order valence-corrected chi connectivity index (χ1v) is 11.6. The van der Waals surface area contributed by atoms with Crippen molar-refractivity contribution in [3.05, 3.63) is 60.2 Å². The van der Waals surface area contributed by atoms with Gasteiger partial charge in [0.15, 0.2) is 0 Å². The Bertz CT molecular complexity index is 1110. The number of nitrogens with two attached hydrogens (primary N) is 2. The molecule has 1 aliphatic carbocycles. The van der Waals surface area contributed by atoms with Crippen molar-refractivity contribution in [3.8, 4) is 0 Å². The number of amides is 2. The van der Waals surface area contributed by atoms with Gasteiger partial charge in [-0.25, -0.2) is 9.78 Å². The molecule has 174 valence electrons. The van der Waals surface area contributed by atoms with Gasteiger partial charge in [0.1, 0.15) is 5.82 Å². The highest BCUT2D eigenvalue weighted by molar-refractivity contribution is 5.93. The van der Waals surface area contributed by atoms with Crippen molar-refractivity contribution in [2.45, 2.75) is 38.3 Å². The summed E-state index contributed by atoms with van der Waals surface area (Å²) in [5, 5.41) is 4.81. The average molecular weight is 447 g/mol. The van der Waals surface area contributed by atoms with E-state index in [0.717, 1.165) is 59.3 Å². The second-order valence-corrected chi connectivity index (χ2v) is 9.08. The number of anilines is 3. The minimum atomic E-state index is -0.423. The molecule has 0 unspecified atom stereocenters. The Hall–Kier alpha value is -3.32. The number of para-hydroxylation sites is 2. The fourth-order valence-electron chi connectivity index (χ4n) is 4.81. The van der Waals surface area contributed by atoms with E-state index in [1.165, 1.54) is 0 Å². The molecule has 1 aliphatic rings. The maximum Gasteiger partial charge on any atom is 0.319 e. The summed E-state index contributed by atoms with van der Waals surface area (Å²) in [5.74, 6) is 1.32. The Balaban J connectivity index is 1.41. The number of nitrogens with one attached hydrogen (secondary N) is 1. The third-order valence-electron chi connectivity index (χ3n) is 6.58. The molecular formula is C26H34N6O. The maximum atomic E-state index is 12.2. The average Bonchev–Trinajstić information content (AvgIpc) is 2.82. The number of nitrogens with zero attached hydrogens (tertiary/aromatic N) is 3. The molecule has 0 spiro atoms. The molecule has 4 rings (SSSR count). The fraction of sp³-hybridized carbons (Fsp3) is 0.385. The summed E-state index contributed by atoms with van der Waals surface area (Å²) in [5.41, 5.74) is 15.5. The Morgan fingerprint density at radius 2 is 1.73 bits per heavy atom. The summed E-state index contributed by atoms with van der Waals surface area (Å²) in [6.45, 7) is 1.00. The molecule has 0 saturated heterocycles. The standard InChI is InChI=1S/C26H34N6O/c1-31(2)24-15-25(30-22-9-5-4-8-21(22)24)29-20-13-11-18(12-14-20)17-32(26(28)33)23-10-6-3-7-19(23)16-27/h3-10,15,18,20H,11-14,16-17,27H2,1-2H3,(H2,28,33)(H,29,30). The lowest BCUT2D eigenvalue weighted by Crippen LogP contribution is -2.41. The second-order valence-electron chi connectivity index (χ2n) is 9.08. The van der Waals surface area contributed by atoms with Crippen LogP contribution in [0, 0.1) is 5.92 Å². The van der Waals surface area contributed by atoms with Crippen LogP contribution in [-0.4, -0.2) is 37.7 Å². The van der Waals surface area contributed by atoms with Gasteiger partial charge < -0.3 is 21.7 Å². The van der Waals surface area contributed by atoms with E-state index >= 15 is 0 Å². The van der Waals surface area contributed by atoms with Crippen molar-refractivity contribution in [1.82, 2.24) is 4.98 Å². The van der Waals surface area contributed by atoms with Crippen LogP contribution in [0.5, 0.6) is 0 Å². The fourth-order valence-corrected chi connectivity index (χ4v) is 4.81. The zero-order valence-electron chi connectivity index (χ0n) is 19.5. The van der Waals surface area contributed by atoms with Crippen molar-refractivity contribution in [2.24, 2.45) is 17.4 Å². The number of urea groups is 1. The lowest BCUT2D eigenvalue weighted by Gasteiger charge is -2.33. The molecule has 5 N–H and O–H groups in total. The summed E-state index contributed by atoms with van der Waals surface area (Å²) in [4.78, 5) is 20.9. The van der Waals surface area contributed by atoms with Gasteiger partial charge in [0.25, 0.3) is 0 Å². The van der Waals surface area contributed by atoms with Crippen molar-refractivity contribution in [1.29, 1.82) is 0 Å². The number of aromatic nitrogens is 1.